The number of Topliss-reactive ketones (excluding diaryl/α,β-unsaturated/α-hetero) is 1. The van der Waals surface area contributed by atoms with Gasteiger partial charge in [-0.2, -0.15) is 0 Å². The van der Waals surface area contributed by atoms with Gasteiger partial charge in [-0.05, 0) is 112 Å². The summed E-state index contributed by atoms with van der Waals surface area (Å²) in [4.78, 5) is 48.4. The zero-order valence-corrected chi connectivity index (χ0v) is 25.7. The lowest BCUT2D eigenvalue weighted by Gasteiger charge is -2.55. The molecular weight excluding hydrogens is 540 g/mol. The van der Waals surface area contributed by atoms with Crippen molar-refractivity contribution in [3.05, 3.63) is 0 Å². The number of fused-ring (bicyclic) bond motifs is 4. The van der Waals surface area contributed by atoms with Gasteiger partial charge in [0.2, 0.25) is 6.29 Å². The first kappa shape index (κ1) is 30.4. The van der Waals surface area contributed by atoms with Crippen LogP contribution in [0.4, 0.5) is 0 Å². The zero-order valence-electron chi connectivity index (χ0n) is 25.7. The number of ether oxygens (including phenoxy) is 4. The maximum atomic E-state index is 14.4. The van der Waals surface area contributed by atoms with Gasteiger partial charge in [-0.3, -0.25) is 14.4 Å². The van der Waals surface area contributed by atoms with Gasteiger partial charge in [-0.1, -0.05) is 13.8 Å². The second kappa shape index (κ2) is 10.5. The quantitative estimate of drug-likeness (QED) is 0.243. The molecule has 0 aromatic carbocycles. The Hall–Kier alpha value is -1.68. The zero-order chi connectivity index (χ0) is 30.2. The number of hydrogen-bond donors (Lipinski definition) is 1. The van der Waals surface area contributed by atoms with Crippen molar-refractivity contribution in [3.63, 3.8) is 0 Å². The fraction of sp³-hybridized carbons (Fsp3) is 0.879. The highest BCUT2D eigenvalue weighted by molar-refractivity contribution is 5.90. The second-order valence-electron chi connectivity index (χ2n) is 15.1. The van der Waals surface area contributed by atoms with E-state index in [1.54, 1.807) is 13.8 Å². The lowest BCUT2D eigenvalue weighted by atomic mass is 9.49. The number of aliphatic hydroxyl groups is 1. The summed E-state index contributed by atoms with van der Waals surface area (Å²) in [6.07, 6.45) is 6.75. The number of hydrogen-bond acceptors (Lipinski definition) is 9. The third kappa shape index (κ3) is 4.23. The van der Waals surface area contributed by atoms with Gasteiger partial charge in [0, 0.05) is 12.8 Å². The van der Waals surface area contributed by atoms with Crippen molar-refractivity contribution in [2.45, 2.75) is 129 Å². The van der Waals surface area contributed by atoms with E-state index in [-0.39, 0.29) is 46.6 Å². The van der Waals surface area contributed by atoms with Gasteiger partial charge in [0.1, 0.15) is 19.0 Å². The number of esters is 1. The number of rotatable bonds is 9. The molecule has 0 amide bonds. The van der Waals surface area contributed by atoms with E-state index >= 15 is 0 Å². The summed E-state index contributed by atoms with van der Waals surface area (Å²) in [6.45, 7) is 9.16. The molecule has 13 unspecified atom stereocenters. The summed E-state index contributed by atoms with van der Waals surface area (Å²) >= 11 is 0. The highest BCUT2D eigenvalue weighted by Crippen LogP contribution is 2.88. The van der Waals surface area contributed by atoms with E-state index in [4.69, 9.17) is 18.9 Å². The van der Waals surface area contributed by atoms with Crippen molar-refractivity contribution in [2.75, 3.05) is 6.61 Å². The minimum atomic E-state index is -1.28. The fourth-order valence-electron chi connectivity index (χ4n) is 11.7. The number of carbonyl (C=O) groups is 4. The van der Waals surface area contributed by atoms with Crippen molar-refractivity contribution in [1.29, 1.82) is 0 Å². The Kier molecular flexibility index (Phi) is 7.55. The standard InChI is InChI=1S/C33H48O9/c1-18-32-11-10-21(41-25(17-35)39-15-14-34)16-20(32)6-7-22-26-27(37)28-23(31(26,5)12-13-33(18,22)32)8-9-24(42-28)29(30(3,4)38)40-19(2)36/h14,17-18,20-26,28-29,38H,6-13,15-16H2,1-5H3. The van der Waals surface area contributed by atoms with Crippen molar-refractivity contribution >= 4 is 24.3 Å². The van der Waals surface area contributed by atoms with Gasteiger partial charge in [0.25, 0.3) is 0 Å². The van der Waals surface area contributed by atoms with Crippen molar-refractivity contribution in [2.24, 2.45) is 45.8 Å². The van der Waals surface area contributed by atoms with E-state index in [2.05, 4.69) is 13.8 Å². The molecule has 5 saturated carbocycles. The molecule has 1 heterocycles. The second-order valence-corrected chi connectivity index (χ2v) is 15.1. The number of carbonyl (C=O) groups excluding carboxylic acids is 4. The maximum Gasteiger partial charge on any atom is 0.303 e. The summed E-state index contributed by atoms with van der Waals surface area (Å²) in [5, 5.41) is 10.8. The molecule has 0 aromatic rings. The minimum absolute atomic E-state index is 0.0396. The molecule has 0 radical (unpaired) electrons. The van der Waals surface area contributed by atoms with Crippen LogP contribution in [0.3, 0.4) is 0 Å². The summed E-state index contributed by atoms with van der Waals surface area (Å²) < 4.78 is 23.3. The van der Waals surface area contributed by atoms with E-state index in [1.165, 1.54) is 6.92 Å². The fourth-order valence-corrected chi connectivity index (χ4v) is 11.7. The number of ketones is 1. The Morgan fingerprint density at radius 1 is 1.10 bits per heavy atom. The molecule has 6 rings (SSSR count). The maximum absolute atomic E-state index is 14.4. The Balaban J connectivity index is 1.21. The molecule has 42 heavy (non-hydrogen) atoms. The van der Waals surface area contributed by atoms with Crippen LogP contribution in [0.5, 0.6) is 0 Å². The van der Waals surface area contributed by atoms with E-state index in [0.29, 0.717) is 36.7 Å². The van der Waals surface area contributed by atoms with Gasteiger partial charge in [-0.15, -0.1) is 0 Å². The Morgan fingerprint density at radius 3 is 2.50 bits per heavy atom. The molecule has 1 aliphatic heterocycles. The average molecular weight is 589 g/mol. The van der Waals surface area contributed by atoms with Crippen LogP contribution >= 0.6 is 0 Å². The first-order valence-corrected chi connectivity index (χ1v) is 16.1. The van der Waals surface area contributed by atoms with Gasteiger partial charge in [-0.25, -0.2) is 0 Å². The molecule has 9 nitrogen and oxygen atoms in total. The first-order valence-electron chi connectivity index (χ1n) is 16.1. The average Bonchev–Trinajstić information content (AvgIpc) is 3.39. The van der Waals surface area contributed by atoms with Crippen molar-refractivity contribution in [3.8, 4) is 0 Å². The molecule has 1 saturated heterocycles. The topological polar surface area (TPSA) is 125 Å². The molecule has 1 N–H and O–H groups in total. The summed E-state index contributed by atoms with van der Waals surface area (Å²) in [5.41, 5.74) is -1.04. The van der Waals surface area contributed by atoms with Gasteiger partial charge >= 0.3 is 5.97 Å². The molecule has 2 spiro atoms. The van der Waals surface area contributed by atoms with Gasteiger partial charge < -0.3 is 28.8 Å². The van der Waals surface area contributed by atoms with Crippen LogP contribution in [-0.2, 0) is 38.1 Å². The predicted molar refractivity (Wildman–Crippen MR) is 150 cm³/mol. The SMILES string of the molecule is CC(=O)OC(C1CCC2C(O1)C(=O)C1C3CCC4CC(OC(C=O)OCC=O)CCC45C(C)C35CCC21C)C(C)(C)O. The molecule has 9 heteroatoms. The molecule has 0 bridgehead atoms. The molecule has 6 aliphatic rings. The third-order valence-electron chi connectivity index (χ3n) is 13.1. The Labute approximate surface area is 248 Å². The van der Waals surface area contributed by atoms with Crippen LogP contribution in [0.25, 0.3) is 0 Å². The summed E-state index contributed by atoms with van der Waals surface area (Å²) in [7, 11) is 0. The lowest BCUT2D eigenvalue weighted by Crippen LogP contribution is -2.53. The lowest BCUT2D eigenvalue weighted by molar-refractivity contribution is -0.200. The third-order valence-corrected chi connectivity index (χ3v) is 13.1. The summed E-state index contributed by atoms with van der Waals surface area (Å²) in [5.74, 6) is 1.21. The van der Waals surface area contributed by atoms with Crippen molar-refractivity contribution < 1.29 is 43.2 Å². The highest BCUT2D eigenvalue weighted by atomic mass is 16.7. The molecule has 6 fully saturated rings. The highest BCUT2D eigenvalue weighted by Gasteiger charge is 2.84. The van der Waals surface area contributed by atoms with Gasteiger partial charge in [0.05, 0.1) is 17.8 Å². The molecule has 5 aliphatic carbocycles. The molecule has 13 atom stereocenters. The van der Waals surface area contributed by atoms with Crippen molar-refractivity contribution in [1.82, 2.24) is 0 Å². The normalized spacial score (nSPS) is 47.0. The molecule has 234 valence electrons. The monoisotopic (exact) mass is 588 g/mol. The van der Waals surface area contributed by atoms with Crippen LogP contribution in [0.1, 0.15) is 92.4 Å². The molecular formula is C33H48O9. The minimum Gasteiger partial charge on any atom is -0.457 e. The van der Waals surface area contributed by atoms with E-state index in [9.17, 15) is 24.3 Å². The van der Waals surface area contributed by atoms with E-state index in [1.807, 2.05) is 0 Å². The largest absolute Gasteiger partial charge is 0.457 e. The van der Waals surface area contributed by atoms with Crippen LogP contribution in [-0.4, -0.2) is 72.3 Å². The number of aldehydes is 2. The summed E-state index contributed by atoms with van der Waals surface area (Å²) in [6, 6.07) is 0. The Bertz CT molecular complexity index is 1120. The predicted octanol–water partition coefficient (Wildman–Crippen LogP) is 3.81. The van der Waals surface area contributed by atoms with Crippen LogP contribution < -0.4 is 0 Å². The smallest absolute Gasteiger partial charge is 0.303 e. The first-order chi connectivity index (χ1) is 19.8. The van der Waals surface area contributed by atoms with Gasteiger partial charge in [0.15, 0.2) is 18.2 Å². The van der Waals surface area contributed by atoms with E-state index < -0.39 is 36.2 Å². The van der Waals surface area contributed by atoms with Crippen LogP contribution in [0, 0.1) is 45.8 Å². The van der Waals surface area contributed by atoms with Crippen LogP contribution in [0.2, 0.25) is 0 Å². The van der Waals surface area contributed by atoms with Crippen LogP contribution in [0.15, 0.2) is 0 Å². The molecule has 0 aromatic heterocycles. The van der Waals surface area contributed by atoms with E-state index in [0.717, 1.165) is 51.4 Å². The Morgan fingerprint density at radius 2 is 1.83 bits per heavy atom.